The van der Waals surface area contributed by atoms with Gasteiger partial charge in [0.25, 0.3) is 0 Å². The fraction of sp³-hybridized carbons (Fsp3) is 0.750. The van der Waals surface area contributed by atoms with Crippen LogP contribution in [0.4, 0.5) is 0 Å². The van der Waals surface area contributed by atoms with Crippen molar-refractivity contribution in [2.24, 2.45) is 5.73 Å². The molecule has 157 valence electrons. The number of ether oxygens (including phenoxy) is 2. The Hall–Kier alpha value is -1.58. The lowest BCUT2D eigenvalue weighted by Gasteiger charge is -2.36. The predicted molar refractivity (Wildman–Crippen MR) is 97.3 cm³/mol. The van der Waals surface area contributed by atoms with Gasteiger partial charge in [0.05, 0.1) is 24.9 Å². The van der Waals surface area contributed by atoms with E-state index in [9.17, 15) is 9.59 Å². The molecule has 11 heteroatoms. The third kappa shape index (κ3) is 9.78. The van der Waals surface area contributed by atoms with Crippen molar-refractivity contribution in [2.75, 3.05) is 6.61 Å². The number of carbonyl (C=O) groups is 2. The molecule has 0 aromatic rings. The molecular formula is C16H30N2O8P. The molecule has 27 heavy (non-hydrogen) atoms. The van der Waals surface area contributed by atoms with Crippen LogP contribution in [-0.4, -0.2) is 48.0 Å². The summed E-state index contributed by atoms with van der Waals surface area (Å²) in [5.74, 6) is -1.56. The van der Waals surface area contributed by atoms with Crippen molar-refractivity contribution in [3.63, 3.8) is 0 Å². The van der Waals surface area contributed by atoms with Gasteiger partial charge in [0.1, 0.15) is 0 Å². The molecule has 0 spiro atoms. The zero-order valence-electron chi connectivity index (χ0n) is 19.5. The Morgan fingerprint density at radius 1 is 1.44 bits per heavy atom. The number of hydrogen-bond donors (Lipinski definition) is 3. The lowest BCUT2D eigenvalue weighted by molar-refractivity contribution is -0.139. The summed E-state index contributed by atoms with van der Waals surface area (Å²) in [4.78, 5) is 23.9. The van der Waals surface area contributed by atoms with Gasteiger partial charge in [0.15, 0.2) is 0 Å². The summed E-state index contributed by atoms with van der Waals surface area (Å²) in [6, 6.07) is -1.39. The second-order valence-corrected chi connectivity index (χ2v) is 6.23. The van der Waals surface area contributed by atoms with E-state index in [1.165, 1.54) is 0 Å². The maximum Gasteiger partial charge on any atom is 0.496 e. The highest BCUT2D eigenvalue weighted by Gasteiger charge is 2.35. The highest BCUT2D eigenvalue weighted by atomic mass is 31.1. The molecule has 0 aromatic carbocycles. The van der Waals surface area contributed by atoms with Gasteiger partial charge in [0.2, 0.25) is 5.91 Å². The summed E-state index contributed by atoms with van der Waals surface area (Å²) in [6.07, 6.45) is 2.45. The van der Waals surface area contributed by atoms with Crippen LogP contribution in [0.3, 0.4) is 0 Å². The van der Waals surface area contributed by atoms with Crippen molar-refractivity contribution in [1.82, 2.24) is 5.32 Å². The number of rotatable bonds is 8. The maximum absolute atomic E-state index is 12.0. The molecule has 0 aliphatic heterocycles. The van der Waals surface area contributed by atoms with E-state index < -0.39 is 44.8 Å². The molecule has 1 aliphatic rings. The Labute approximate surface area is 164 Å². The van der Waals surface area contributed by atoms with E-state index in [4.69, 9.17) is 33.7 Å². The number of amides is 1. The minimum absolute atomic E-state index is 0. The van der Waals surface area contributed by atoms with Crippen LogP contribution >= 0.6 is 7.91 Å². The molecule has 1 rings (SSSR count). The van der Waals surface area contributed by atoms with Crippen LogP contribution in [0.2, 0.25) is 0 Å². The molecule has 0 bridgehead atoms. The van der Waals surface area contributed by atoms with Crippen LogP contribution in [0.25, 0.3) is 0 Å². The average molecular weight is 412 g/mol. The SMILES string of the molecule is O=P(=O)OO.[2H]C([2H])([2H])C(=O)NC1C(N)CC(C(=O)OCC)=CC1OC(CC)CC.[H]. The van der Waals surface area contributed by atoms with Gasteiger partial charge in [-0.3, -0.25) is 4.79 Å². The Morgan fingerprint density at radius 2 is 2.04 bits per heavy atom. The number of esters is 1. The Morgan fingerprint density at radius 3 is 2.48 bits per heavy atom. The van der Waals surface area contributed by atoms with Gasteiger partial charge in [-0.25, -0.2) is 19.2 Å². The molecule has 3 unspecified atom stereocenters. The molecule has 0 aromatic heterocycles. The number of nitrogens with two attached hydrogens (primary N) is 1. The molecule has 10 nitrogen and oxygen atoms in total. The van der Waals surface area contributed by atoms with Crippen molar-refractivity contribution in [3.8, 4) is 0 Å². The minimum Gasteiger partial charge on any atom is -0.463 e. The summed E-state index contributed by atoms with van der Waals surface area (Å²) in [6.45, 7) is 3.09. The molecule has 0 saturated carbocycles. The lowest BCUT2D eigenvalue weighted by atomic mass is 9.88. The zero-order valence-corrected chi connectivity index (χ0v) is 16.4. The van der Waals surface area contributed by atoms with Crippen LogP contribution in [-0.2, 0) is 32.9 Å². The predicted octanol–water partition coefficient (Wildman–Crippen LogP) is 1.96. The second-order valence-electron chi connectivity index (χ2n) is 5.62. The van der Waals surface area contributed by atoms with Crippen LogP contribution in [0.5, 0.6) is 0 Å². The summed E-state index contributed by atoms with van der Waals surface area (Å²) in [7, 11) is -3.04. The monoisotopic (exact) mass is 412 g/mol. The molecular weight excluding hydrogens is 379 g/mol. The first-order chi connectivity index (χ1) is 13.9. The number of nitrogens with one attached hydrogen (secondary N) is 1. The molecule has 1 radical (unpaired) electrons. The third-order valence-electron chi connectivity index (χ3n) is 3.80. The fourth-order valence-electron chi connectivity index (χ4n) is 2.54. The normalized spacial score (nSPS) is 23.7. The molecule has 0 heterocycles. The Balaban J connectivity index is 0. The molecule has 0 saturated heterocycles. The number of carbonyl (C=O) groups excluding carboxylic acids is 2. The summed E-state index contributed by atoms with van der Waals surface area (Å²) in [5, 5.41) is 9.50. The van der Waals surface area contributed by atoms with Crippen LogP contribution < -0.4 is 11.1 Å². The zero-order chi connectivity index (χ0) is 23.5. The van der Waals surface area contributed by atoms with Gasteiger partial charge in [-0.2, -0.15) is 0 Å². The van der Waals surface area contributed by atoms with E-state index in [1.807, 2.05) is 13.8 Å². The van der Waals surface area contributed by atoms with E-state index in [0.29, 0.717) is 5.57 Å². The van der Waals surface area contributed by atoms with Gasteiger partial charge < -0.3 is 20.5 Å². The average Bonchev–Trinajstić information content (AvgIpc) is 2.67. The van der Waals surface area contributed by atoms with Crippen molar-refractivity contribution in [2.45, 2.75) is 71.2 Å². The molecule has 3 atom stereocenters. The van der Waals surface area contributed by atoms with Gasteiger partial charge in [0, 0.05) is 24.0 Å². The van der Waals surface area contributed by atoms with Crippen LogP contribution in [0.1, 0.15) is 52.4 Å². The first-order valence-corrected chi connectivity index (χ1v) is 9.56. The second kappa shape index (κ2) is 13.6. The minimum atomic E-state index is -3.04. The van der Waals surface area contributed by atoms with Crippen LogP contribution in [0, 0.1) is 0 Å². The Bertz CT molecular complexity index is 660. The smallest absolute Gasteiger partial charge is 0.463 e. The highest BCUT2D eigenvalue weighted by Crippen LogP contribution is 2.24. The topological polar surface area (TPSA) is 154 Å². The van der Waals surface area contributed by atoms with E-state index in [0.717, 1.165) is 12.8 Å². The fourth-order valence-corrected chi connectivity index (χ4v) is 2.54. The lowest BCUT2D eigenvalue weighted by Crippen LogP contribution is -2.57. The standard InChI is InChI=1S/C16H28N2O4.HO4P.H/c1-5-12(6-2)22-14-9-11(16(20)21-7-3)8-13(17)15(14)18-10(4)19;1-4-5(2)3;/h9,12-15H,5-8,17H2,1-4H3,(H,18,19);1H;/i4D3;;. The highest BCUT2D eigenvalue weighted by molar-refractivity contribution is 7.24. The van der Waals surface area contributed by atoms with Gasteiger partial charge in [-0.15, -0.1) is 4.67 Å². The molecule has 0 fully saturated rings. The van der Waals surface area contributed by atoms with Gasteiger partial charge in [-0.05, 0) is 32.3 Å². The van der Waals surface area contributed by atoms with E-state index in [-0.39, 0.29) is 20.6 Å². The van der Waals surface area contributed by atoms with Crippen molar-refractivity contribution in [3.05, 3.63) is 11.6 Å². The van der Waals surface area contributed by atoms with Crippen LogP contribution in [0.15, 0.2) is 11.6 Å². The number of hydrogen-bond acceptors (Lipinski definition) is 9. The van der Waals surface area contributed by atoms with Gasteiger partial charge >= 0.3 is 13.9 Å². The third-order valence-corrected chi connectivity index (χ3v) is 3.93. The first-order valence-electron chi connectivity index (χ1n) is 9.96. The van der Waals surface area contributed by atoms with E-state index in [2.05, 4.69) is 9.99 Å². The van der Waals surface area contributed by atoms with Gasteiger partial charge in [-0.1, -0.05) is 13.8 Å². The molecule has 1 amide bonds. The van der Waals surface area contributed by atoms with Crippen molar-refractivity contribution >= 4 is 19.8 Å². The molecule has 4 N–H and O–H groups in total. The van der Waals surface area contributed by atoms with Crippen molar-refractivity contribution < 1.29 is 43.7 Å². The van der Waals surface area contributed by atoms with Crippen molar-refractivity contribution in [1.29, 1.82) is 0 Å². The first kappa shape index (κ1) is 20.2. The quantitative estimate of drug-likeness (QED) is 0.235. The largest absolute Gasteiger partial charge is 0.496 e. The maximum atomic E-state index is 12.0. The summed E-state index contributed by atoms with van der Waals surface area (Å²) >= 11 is 0. The Kier molecular flexibility index (Phi) is 10.1. The van der Waals surface area contributed by atoms with E-state index >= 15 is 0 Å². The van der Waals surface area contributed by atoms with E-state index in [1.54, 1.807) is 13.0 Å². The summed E-state index contributed by atoms with van der Waals surface area (Å²) in [5.41, 5.74) is 6.50. The summed E-state index contributed by atoms with van der Waals surface area (Å²) < 4.78 is 53.2. The molecule has 1 aliphatic carbocycles.